The van der Waals surface area contributed by atoms with E-state index in [4.69, 9.17) is 12.2 Å². The number of likely N-dealkylation sites (tertiary alicyclic amines) is 1. The predicted molar refractivity (Wildman–Crippen MR) is 98.2 cm³/mol. The van der Waals surface area contributed by atoms with Crippen molar-refractivity contribution in [2.45, 2.75) is 51.6 Å². The van der Waals surface area contributed by atoms with Gasteiger partial charge in [-0.25, -0.2) is 0 Å². The fourth-order valence-corrected chi connectivity index (χ4v) is 3.35. The number of hydrogen-bond donors (Lipinski definition) is 2. The zero-order valence-corrected chi connectivity index (χ0v) is 14.7. The summed E-state index contributed by atoms with van der Waals surface area (Å²) in [6.45, 7) is 7.65. The maximum atomic E-state index is 5.38. The molecule has 0 radical (unpaired) electrons. The molecule has 22 heavy (non-hydrogen) atoms. The summed E-state index contributed by atoms with van der Waals surface area (Å²) in [6.07, 6.45) is 5.03. The number of benzene rings is 1. The molecular weight excluding hydrogens is 290 g/mol. The van der Waals surface area contributed by atoms with Crippen molar-refractivity contribution in [3.05, 3.63) is 35.9 Å². The highest BCUT2D eigenvalue weighted by molar-refractivity contribution is 7.80. The first-order valence-electron chi connectivity index (χ1n) is 8.48. The van der Waals surface area contributed by atoms with Crippen molar-refractivity contribution in [2.75, 3.05) is 19.6 Å². The lowest BCUT2D eigenvalue weighted by Crippen LogP contribution is -2.49. The Morgan fingerprint density at radius 2 is 2.05 bits per heavy atom. The molecule has 1 aliphatic heterocycles. The van der Waals surface area contributed by atoms with E-state index < -0.39 is 0 Å². The van der Waals surface area contributed by atoms with Crippen LogP contribution in [0.25, 0.3) is 0 Å². The number of nitrogens with zero attached hydrogens (tertiary/aromatic N) is 1. The first kappa shape index (κ1) is 17.2. The molecule has 2 N–H and O–H groups in total. The summed E-state index contributed by atoms with van der Waals surface area (Å²) in [5.74, 6) is 0. The van der Waals surface area contributed by atoms with E-state index in [2.05, 4.69) is 53.6 Å². The van der Waals surface area contributed by atoms with Gasteiger partial charge in [-0.15, -0.1) is 0 Å². The average molecular weight is 320 g/mol. The minimum atomic E-state index is 0.532. The van der Waals surface area contributed by atoms with Crippen LogP contribution >= 0.6 is 12.2 Å². The highest BCUT2D eigenvalue weighted by atomic mass is 32.1. The first-order valence-corrected chi connectivity index (χ1v) is 8.89. The average Bonchev–Trinajstić information content (AvgIpc) is 2.54. The smallest absolute Gasteiger partial charge is 0.166 e. The second-order valence-corrected chi connectivity index (χ2v) is 6.71. The van der Waals surface area contributed by atoms with Crippen molar-refractivity contribution >= 4 is 17.3 Å². The highest BCUT2D eigenvalue weighted by Gasteiger charge is 2.22. The lowest BCUT2D eigenvalue weighted by molar-refractivity contribution is 0.116. The van der Waals surface area contributed by atoms with Crippen LogP contribution in [0.15, 0.2) is 30.3 Å². The summed E-state index contributed by atoms with van der Waals surface area (Å²) >= 11 is 5.38. The summed E-state index contributed by atoms with van der Waals surface area (Å²) in [6, 6.07) is 11.7. The molecule has 0 unspecified atom stereocenters. The molecule has 3 nitrogen and oxygen atoms in total. The Hall–Kier alpha value is -1.13. The van der Waals surface area contributed by atoms with E-state index in [1.54, 1.807) is 0 Å². The molecule has 4 heteroatoms. The fourth-order valence-electron chi connectivity index (χ4n) is 3.16. The maximum absolute atomic E-state index is 5.38. The highest BCUT2D eigenvalue weighted by Crippen LogP contribution is 2.18. The molecule has 1 aromatic carbocycles. The standard InChI is InChI=1S/C18H29N3S/c1-15-8-6-7-13-21(15)16(2)14-20-18(22)19-12-11-17-9-4-3-5-10-17/h3-5,9-10,15-16H,6-8,11-14H2,1-2H3,(H2,19,20,22)/t15-,16-/m1/s1. The second kappa shape index (κ2) is 9.11. The first-order chi connectivity index (χ1) is 10.7. The van der Waals surface area contributed by atoms with Gasteiger partial charge in [-0.1, -0.05) is 36.8 Å². The van der Waals surface area contributed by atoms with E-state index in [1.165, 1.54) is 31.4 Å². The summed E-state index contributed by atoms with van der Waals surface area (Å²) in [5, 5.41) is 7.44. The molecule has 1 fully saturated rings. The molecule has 1 saturated heterocycles. The molecule has 2 atom stereocenters. The monoisotopic (exact) mass is 319 g/mol. The summed E-state index contributed by atoms with van der Waals surface area (Å²) in [4.78, 5) is 2.60. The summed E-state index contributed by atoms with van der Waals surface area (Å²) < 4.78 is 0. The number of thiocarbonyl (C=S) groups is 1. The topological polar surface area (TPSA) is 27.3 Å². The molecule has 0 aliphatic carbocycles. The largest absolute Gasteiger partial charge is 0.362 e. The van der Waals surface area contributed by atoms with E-state index in [1.807, 2.05) is 6.07 Å². The number of hydrogen-bond acceptors (Lipinski definition) is 2. The summed E-state index contributed by atoms with van der Waals surface area (Å²) in [5.41, 5.74) is 1.34. The van der Waals surface area contributed by atoms with Crippen molar-refractivity contribution in [1.82, 2.24) is 15.5 Å². The van der Waals surface area contributed by atoms with E-state index in [9.17, 15) is 0 Å². The van der Waals surface area contributed by atoms with Gasteiger partial charge in [-0.2, -0.15) is 0 Å². The number of rotatable bonds is 6. The zero-order valence-electron chi connectivity index (χ0n) is 13.8. The molecule has 0 amide bonds. The van der Waals surface area contributed by atoms with E-state index in [0.717, 1.165) is 24.6 Å². The van der Waals surface area contributed by atoms with Crippen LogP contribution in [-0.4, -0.2) is 41.7 Å². The molecule has 0 bridgehead atoms. The lowest BCUT2D eigenvalue weighted by atomic mass is 10.0. The van der Waals surface area contributed by atoms with Gasteiger partial charge in [0, 0.05) is 25.2 Å². The minimum Gasteiger partial charge on any atom is -0.362 e. The Labute approximate surface area is 140 Å². The number of piperidine rings is 1. The van der Waals surface area contributed by atoms with Crippen LogP contribution in [0.1, 0.15) is 38.7 Å². The van der Waals surface area contributed by atoms with Gasteiger partial charge in [0.1, 0.15) is 0 Å². The third-order valence-electron chi connectivity index (χ3n) is 4.52. The van der Waals surface area contributed by atoms with Gasteiger partial charge in [0.05, 0.1) is 0 Å². The molecule has 1 aliphatic rings. The minimum absolute atomic E-state index is 0.532. The van der Waals surface area contributed by atoms with Crippen LogP contribution in [0.2, 0.25) is 0 Å². The van der Waals surface area contributed by atoms with Crippen LogP contribution < -0.4 is 10.6 Å². The second-order valence-electron chi connectivity index (χ2n) is 6.30. The molecule has 122 valence electrons. The van der Waals surface area contributed by atoms with Crippen molar-refractivity contribution < 1.29 is 0 Å². The van der Waals surface area contributed by atoms with E-state index in [0.29, 0.717) is 12.1 Å². The molecule has 0 spiro atoms. The van der Waals surface area contributed by atoms with Crippen LogP contribution in [-0.2, 0) is 6.42 Å². The van der Waals surface area contributed by atoms with Gasteiger partial charge in [-0.3, -0.25) is 4.90 Å². The molecular formula is C18H29N3S. The lowest BCUT2D eigenvalue weighted by Gasteiger charge is -2.38. The van der Waals surface area contributed by atoms with Crippen molar-refractivity contribution in [3.8, 4) is 0 Å². The molecule has 1 heterocycles. The van der Waals surface area contributed by atoms with Crippen LogP contribution in [0, 0.1) is 0 Å². The SMILES string of the molecule is C[C@@H]1CCCCN1[C@H](C)CNC(=S)NCCc1ccccc1. The van der Waals surface area contributed by atoms with E-state index in [-0.39, 0.29) is 0 Å². The Morgan fingerprint density at radius 1 is 1.27 bits per heavy atom. The normalized spacial score (nSPS) is 20.4. The summed E-state index contributed by atoms with van der Waals surface area (Å²) in [7, 11) is 0. The van der Waals surface area contributed by atoms with Crippen molar-refractivity contribution in [2.24, 2.45) is 0 Å². The Kier molecular flexibility index (Phi) is 7.13. The van der Waals surface area contributed by atoms with Crippen molar-refractivity contribution in [1.29, 1.82) is 0 Å². The zero-order chi connectivity index (χ0) is 15.8. The third kappa shape index (κ3) is 5.58. The molecule has 1 aromatic rings. The van der Waals surface area contributed by atoms with Gasteiger partial charge in [-0.05, 0) is 57.4 Å². The van der Waals surface area contributed by atoms with E-state index >= 15 is 0 Å². The van der Waals surface area contributed by atoms with Gasteiger partial charge in [0.2, 0.25) is 0 Å². The third-order valence-corrected chi connectivity index (χ3v) is 4.81. The Balaban J connectivity index is 1.62. The van der Waals surface area contributed by atoms with Gasteiger partial charge in [0.25, 0.3) is 0 Å². The Bertz CT molecular complexity index is 449. The van der Waals surface area contributed by atoms with Crippen LogP contribution in [0.5, 0.6) is 0 Å². The Morgan fingerprint density at radius 3 is 2.77 bits per heavy atom. The molecule has 2 rings (SSSR count). The maximum Gasteiger partial charge on any atom is 0.166 e. The quantitative estimate of drug-likeness (QED) is 0.788. The van der Waals surface area contributed by atoms with Gasteiger partial charge >= 0.3 is 0 Å². The van der Waals surface area contributed by atoms with Crippen molar-refractivity contribution in [3.63, 3.8) is 0 Å². The van der Waals surface area contributed by atoms with Crippen LogP contribution in [0.3, 0.4) is 0 Å². The van der Waals surface area contributed by atoms with Gasteiger partial charge < -0.3 is 10.6 Å². The fraction of sp³-hybridized carbons (Fsp3) is 0.611. The van der Waals surface area contributed by atoms with Crippen LogP contribution in [0.4, 0.5) is 0 Å². The number of nitrogens with one attached hydrogen (secondary N) is 2. The molecule has 0 aromatic heterocycles. The molecule has 0 saturated carbocycles. The predicted octanol–water partition coefficient (Wildman–Crippen LogP) is 2.96. The van der Waals surface area contributed by atoms with Gasteiger partial charge in [0.15, 0.2) is 5.11 Å².